The lowest BCUT2D eigenvalue weighted by Gasteiger charge is -2.44. The van der Waals surface area contributed by atoms with Crippen LogP contribution in [0.2, 0.25) is 0 Å². The third-order valence-electron chi connectivity index (χ3n) is 5.16. The van der Waals surface area contributed by atoms with Gasteiger partial charge in [-0.1, -0.05) is 37.3 Å². The van der Waals surface area contributed by atoms with Crippen molar-refractivity contribution < 1.29 is 9.59 Å². The third kappa shape index (κ3) is 2.20. The summed E-state index contributed by atoms with van der Waals surface area (Å²) < 4.78 is 0. The number of benzene rings is 1. The van der Waals surface area contributed by atoms with Crippen molar-refractivity contribution in [2.24, 2.45) is 0 Å². The van der Waals surface area contributed by atoms with E-state index in [0.29, 0.717) is 12.8 Å². The summed E-state index contributed by atoms with van der Waals surface area (Å²) in [5, 5.41) is 6.53. The van der Waals surface area contributed by atoms with Crippen LogP contribution in [0.5, 0.6) is 0 Å². The van der Waals surface area contributed by atoms with Crippen LogP contribution in [-0.4, -0.2) is 36.0 Å². The number of nitrogens with one attached hydrogen (secondary N) is 2. The Morgan fingerprint density at radius 1 is 1.14 bits per heavy atom. The molecule has 1 heterocycles. The molecule has 5 heteroatoms. The number of carbonyl (C=O) groups is 2. The maximum Gasteiger partial charge on any atom is 0.324 e. The maximum absolute atomic E-state index is 12.4. The molecule has 5 nitrogen and oxygen atoms in total. The number of carbonyl (C=O) groups excluding carboxylic acids is 2. The number of hydrogen-bond donors (Lipinski definition) is 2. The van der Waals surface area contributed by atoms with Crippen molar-refractivity contribution in [2.75, 3.05) is 13.6 Å². The normalized spacial score (nSPS) is 31.6. The van der Waals surface area contributed by atoms with Crippen LogP contribution in [0.3, 0.4) is 0 Å². The van der Waals surface area contributed by atoms with Crippen LogP contribution in [0.4, 0.5) is 4.79 Å². The van der Waals surface area contributed by atoms with Crippen LogP contribution in [0.15, 0.2) is 30.3 Å². The van der Waals surface area contributed by atoms with E-state index in [4.69, 9.17) is 0 Å². The number of hydrogen-bond acceptors (Lipinski definition) is 3. The van der Waals surface area contributed by atoms with Gasteiger partial charge in [0.15, 0.2) is 0 Å². The van der Waals surface area contributed by atoms with E-state index < -0.39 is 5.54 Å². The van der Waals surface area contributed by atoms with Gasteiger partial charge in [-0.25, -0.2) is 4.79 Å². The molecular weight excluding hydrogens is 278 g/mol. The van der Waals surface area contributed by atoms with Crippen molar-refractivity contribution in [3.05, 3.63) is 35.9 Å². The zero-order valence-corrected chi connectivity index (χ0v) is 13.2. The zero-order chi connectivity index (χ0) is 15.8. The number of urea groups is 1. The number of imide groups is 1. The fourth-order valence-corrected chi connectivity index (χ4v) is 3.86. The molecule has 3 rings (SSSR count). The largest absolute Gasteiger partial charge is 0.324 e. The van der Waals surface area contributed by atoms with E-state index in [1.807, 2.05) is 6.07 Å². The first kappa shape index (κ1) is 15.0. The second kappa shape index (κ2) is 5.39. The Hall–Kier alpha value is -1.88. The molecule has 118 valence electrons. The molecule has 1 aromatic rings. The minimum atomic E-state index is -0.695. The fraction of sp³-hybridized carbons (Fsp3) is 0.529. The van der Waals surface area contributed by atoms with E-state index in [9.17, 15) is 9.59 Å². The molecule has 3 amide bonds. The molecule has 1 saturated carbocycles. The van der Waals surface area contributed by atoms with Crippen molar-refractivity contribution in [1.29, 1.82) is 0 Å². The lowest BCUT2D eigenvalue weighted by atomic mass is 9.69. The highest BCUT2D eigenvalue weighted by atomic mass is 16.2. The summed E-state index contributed by atoms with van der Waals surface area (Å²) in [5.74, 6) is -0.0874. The van der Waals surface area contributed by atoms with Crippen molar-refractivity contribution in [2.45, 2.75) is 43.7 Å². The molecular formula is C17H23N3O2. The molecule has 1 aliphatic carbocycles. The van der Waals surface area contributed by atoms with Crippen LogP contribution in [-0.2, 0) is 10.3 Å². The van der Waals surface area contributed by atoms with Crippen molar-refractivity contribution >= 4 is 11.9 Å². The van der Waals surface area contributed by atoms with Crippen LogP contribution in [0, 0.1) is 0 Å². The van der Waals surface area contributed by atoms with Crippen LogP contribution in [0.25, 0.3) is 0 Å². The highest BCUT2D eigenvalue weighted by molar-refractivity contribution is 6.06. The lowest BCUT2D eigenvalue weighted by molar-refractivity contribution is -0.132. The second-order valence-electron chi connectivity index (χ2n) is 6.35. The van der Waals surface area contributed by atoms with E-state index in [1.54, 1.807) is 7.05 Å². The van der Waals surface area contributed by atoms with Gasteiger partial charge in [-0.05, 0) is 37.8 Å². The Kier molecular flexibility index (Phi) is 3.68. The minimum Gasteiger partial charge on any atom is -0.323 e. The number of nitrogens with zero attached hydrogens (tertiary/aromatic N) is 1. The summed E-state index contributed by atoms with van der Waals surface area (Å²) in [7, 11) is 1.55. The van der Waals surface area contributed by atoms with Gasteiger partial charge in [0.05, 0.1) is 0 Å². The second-order valence-corrected chi connectivity index (χ2v) is 6.35. The Balaban J connectivity index is 1.85. The summed E-state index contributed by atoms with van der Waals surface area (Å²) in [4.78, 5) is 25.4. The average molecular weight is 301 g/mol. The Bertz CT molecular complexity index is 577. The maximum atomic E-state index is 12.4. The molecule has 2 aliphatic rings. The summed E-state index contributed by atoms with van der Waals surface area (Å²) in [6.45, 7) is 2.98. The van der Waals surface area contributed by atoms with E-state index in [-0.39, 0.29) is 17.5 Å². The molecule has 0 unspecified atom stereocenters. The van der Waals surface area contributed by atoms with Gasteiger partial charge in [0.2, 0.25) is 0 Å². The van der Waals surface area contributed by atoms with Gasteiger partial charge < -0.3 is 10.6 Å². The standard InChI is InChI=1S/C17H23N3O2/c1-3-18-16(13-7-5-4-6-8-13)9-11-17(12-10-16)14(21)20(2)15(22)19-17/h4-8,18H,3,9-12H2,1-2H3,(H,19,22). The predicted molar refractivity (Wildman–Crippen MR) is 84.3 cm³/mol. The summed E-state index contributed by atoms with van der Waals surface area (Å²) >= 11 is 0. The highest BCUT2D eigenvalue weighted by Gasteiger charge is 2.54. The van der Waals surface area contributed by atoms with Gasteiger partial charge in [-0.3, -0.25) is 9.69 Å². The van der Waals surface area contributed by atoms with Gasteiger partial charge in [0.1, 0.15) is 5.54 Å². The third-order valence-corrected chi connectivity index (χ3v) is 5.16. The smallest absolute Gasteiger partial charge is 0.323 e. The van der Waals surface area contributed by atoms with Crippen LogP contribution in [0.1, 0.15) is 38.2 Å². The molecule has 1 aromatic carbocycles. The Morgan fingerprint density at radius 3 is 2.27 bits per heavy atom. The van der Waals surface area contributed by atoms with E-state index in [2.05, 4.69) is 41.8 Å². The van der Waals surface area contributed by atoms with E-state index in [0.717, 1.165) is 19.4 Å². The van der Waals surface area contributed by atoms with E-state index >= 15 is 0 Å². The van der Waals surface area contributed by atoms with Gasteiger partial charge in [-0.15, -0.1) is 0 Å². The highest BCUT2D eigenvalue weighted by Crippen LogP contribution is 2.43. The molecule has 1 spiro atoms. The van der Waals surface area contributed by atoms with Crippen LogP contribution >= 0.6 is 0 Å². The molecule has 22 heavy (non-hydrogen) atoms. The van der Waals surface area contributed by atoms with Gasteiger partial charge in [0.25, 0.3) is 5.91 Å². The Morgan fingerprint density at radius 2 is 1.77 bits per heavy atom. The first-order valence-corrected chi connectivity index (χ1v) is 7.94. The first-order valence-electron chi connectivity index (χ1n) is 7.94. The molecule has 0 aromatic heterocycles. The van der Waals surface area contributed by atoms with Crippen molar-refractivity contribution in [3.8, 4) is 0 Å². The average Bonchev–Trinajstić information content (AvgIpc) is 2.76. The summed E-state index contributed by atoms with van der Waals surface area (Å²) in [6, 6.07) is 10.1. The van der Waals surface area contributed by atoms with Crippen molar-refractivity contribution in [1.82, 2.24) is 15.5 Å². The quantitative estimate of drug-likeness (QED) is 0.839. The lowest BCUT2D eigenvalue weighted by Crippen LogP contribution is -2.56. The van der Waals surface area contributed by atoms with E-state index in [1.165, 1.54) is 10.5 Å². The van der Waals surface area contributed by atoms with Gasteiger partial charge in [-0.2, -0.15) is 0 Å². The molecule has 1 saturated heterocycles. The van der Waals surface area contributed by atoms with Crippen LogP contribution < -0.4 is 10.6 Å². The summed E-state index contributed by atoms with van der Waals surface area (Å²) in [6.07, 6.45) is 3.02. The SMILES string of the molecule is CCNC1(c2ccccc2)CCC2(CC1)NC(=O)N(C)C2=O. The number of amides is 3. The molecule has 1 aliphatic heterocycles. The molecule has 2 N–H and O–H groups in total. The zero-order valence-electron chi connectivity index (χ0n) is 13.2. The summed E-state index contributed by atoms with van der Waals surface area (Å²) in [5.41, 5.74) is 0.462. The van der Waals surface area contributed by atoms with Crippen molar-refractivity contribution in [3.63, 3.8) is 0 Å². The predicted octanol–water partition coefficient (Wildman–Crippen LogP) is 1.99. The molecule has 0 radical (unpaired) electrons. The minimum absolute atomic E-state index is 0.0874. The number of rotatable bonds is 3. The monoisotopic (exact) mass is 301 g/mol. The number of likely N-dealkylation sites (N-methyl/N-ethyl adjacent to an activating group) is 1. The molecule has 2 fully saturated rings. The fourth-order valence-electron chi connectivity index (χ4n) is 3.86. The topological polar surface area (TPSA) is 61.4 Å². The van der Waals surface area contributed by atoms with Gasteiger partial charge >= 0.3 is 6.03 Å². The Labute approximate surface area is 131 Å². The van der Waals surface area contributed by atoms with Gasteiger partial charge in [0, 0.05) is 12.6 Å². The first-order chi connectivity index (χ1) is 10.5. The molecule has 0 atom stereocenters. The molecule has 0 bridgehead atoms.